The number of amides is 1. The average Bonchev–Trinajstić information content (AvgIpc) is 2.97. The van der Waals surface area contributed by atoms with Crippen LogP contribution < -0.4 is 0 Å². The molecular formula is C20H25N3O3. The summed E-state index contributed by atoms with van der Waals surface area (Å²) in [6.45, 7) is 5.96. The molecule has 1 fully saturated rings. The second-order valence-electron chi connectivity index (χ2n) is 7.01. The van der Waals surface area contributed by atoms with Crippen LogP contribution in [-0.2, 0) is 11.3 Å². The SMILES string of the molecule is Cc1cc(C)n(CCC(=O)N2CCC[C@H](c3cccc(C(=O)O)c3)C2)n1. The van der Waals surface area contributed by atoms with E-state index >= 15 is 0 Å². The highest BCUT2D eigenvalue weighted by Gasteiger charge is 2.25. The number of carbonyl (C=O) groups excluding carboxylic acids is 1. The maximum absolute atomic E-state index is 12.6. The highest BCUT2D eigenvalue weighted by atomic mass is 16.4. The number of carboxylic acids is 1. The number of hydrogen-bond donors (Lipinski definition) is 1. The van der Waals surface area contributed by atoms with Crippen LogP contribution in [0.1, 0.15) is 52.5 Å². The van der Waals surface area contributed by atoms with Gasteiger partial charge in [0.25, 0.3) is 0 Å². The Kier molecular flexibility index (Phi) is 5.40. The summed E-state index contributed by atoms with van der Waals surface area (Å²) < 4.78 is 1.88. The second kappa shape index (κ2) is 7.72. The number of benzene rings is 1. The minimum Gasteiger partial charge on any atom is -0.478 e. The van der Waals surface area contributed by atoms with E-state index in [-0.39, 0.29) is 11.8 Å². The van der Waals surface area contributed by atoms with Crippen LogP contribution >= 0.6 is 0 Å². The zero-order valence-corrected chi connectivity index (χ0v) is 15.3. The van der Waals surface area contributed by atoms with Crippen molar-refractivity contribution in [1.29, 1.82) is 0 Å². The molecule has 1 aliphatic heterocycles. The fraction of sp³-hybridized carbons (Fsp3) is 0.450. The van der Waals surface area contributed by atoms with Gasteiger partial charge in [0.1, 0.15) is 0 Å². The zero-order chi connectivity index (χ0) is 18.7. The molecular weight excluding hydrogens is 330 g/mol. The maximum Gasteiger partial charge on any atom is 0.335 e. The summed E-state index contributed by atoms with van der Waals surface area (Å²) in [6, 6.07) is 9.09. The summed E-state index contributed by atoms with van der Waals surface area (Å²) in [5, 5.41) is 13.6. The van der Waals surface area contributed by atoms with Gasteiger partial charge in [-0.2, -0.15) is 5.10 Å². The third-order valence-corrected chi connectivity index (χ3v) is 5.02. The predicted octanol–water partition coefficient (Wildman–Crippen LogP) is 2.99. The van der Waals surface area contributed by atoms with Crippen LogP contribution in [0.4, 0.5) is 0 Å². The Morgan fingerprint density at radius 3 is 2.77 bits per heavy atom. The number of rotatable bonds is 5. The molecule has 2 heterocycles. The van der Waals surface area contributed by atoms with Gasteiger partial charge in [0.05, 0.1) is 11.3 Å². The van der Waals surface area contributed by atoms with Crippen LogP contribution in [0.3, 0.4) is 0 Å². The van der Waals surface area contributed by atoms with Gasteiger partial charge in [-0.3, -0.25) is 9.48 Å². The Morgan fingerprint density at radius 2 is 2.08 bits per heavy atom. The Morgan fingerprint density at radius 1 is 1.27 bits per heavy atom. The molecule has 2 aromatic rings. The van der Waals surface area contributed by atoms with Gasteiger partial charge in [0.15, 0.2) is 0 Å². The number of carboxylic acid groups (broad SMARTS) is 1. The third-order valence-electron chi connectivity index (χ3n) is 5.02. The van der Waals surface area contributed by atoms with E-state index in [0.717, 1.165) is 36.3 Å². The average molecular weight is 355 g/mol. The number of hydrogen-bond acceptors (Lipinski definition) is 3. The molecule has 1 amide bonds. The fourth-order valence-electron chi connectivity index (χ4n) is 3.66. The number of carbonyl (C=O) groups is 2. The number of aryl methyl sites for hydroxylation is 3. The molecule has 1 aromatic heterocycles. The van der Waals surface area contributed by atoms with Crippen molar-refractivity contribution in [3.8, 4) is 0 Å². The lowest BCUT2D eigenvalue weighted by atomic mass is 9.89. The predicted molar refractivity (Wildman–Crippen MR) is 98.3 cm³/mol. The monoisotopic (exact) mass is 355 g/mol. The lowest BCUT2D eigenvalue weighted by Gasteiger charge is -2.33. The van der Waals surface area contributed by atoms with Crippen molar-refractivity contribution in [1.82, 2.24) is 14.7 Å². The van der Waals surface area contributed by atoms with Gasteiger partial charge < -0.3 is 10.0 Å². The number of aromatic carboxylic acids is 1. The molecule has 3 rings (SSSR count). The fourth-order valence-corrected chi connectivity index (χ4v) is 3.66. The Hall–Kier alpha value is -2.63. The van der Waals surface area contributed by atoms with E-state index < -0.39 is 5.97 Å². The first-order chi connectivity index (χ1) is 12.4. The van der Waals surface area contributed by atoms with Gasteiger partial charge in [0.2, 0.25) is 5.91 Å². The highest BCUT2D eigenvalue weighted by Crippen LogP contribution is 2.28. The molecule has 1 saturated heterocycles. The third kappa shape index (κ3) is 4.12. The molecule has 26 heavy (non-hydrogen) atoms. The van der Waals surface area contributed by atoms with E-state index in [4.69, 9.17) is 0 Å². The van der Waals surface area contributed by atoms with E-state index in [1.807, 2.05) is 35.6 Å². The number of piperidine rings is 1. The van der Waals surface area contributed by atoms with Crippen molar-refractivity contribution in [2.75, 3.05) is 13.1 Å². The quantitative estimate of drug-likeness (QED) is 0.895. The highest BCUT2D eigenvalue weighted by molar-refractivity contribution is 5.87. The van der Waals surface area contributed by atoms with Gasteiger partial charge >= 0.3 is 5.97 Å². The molecule has 6 nitrogen and oxygen atoms in total. The molecule has 1 aliphatic rings. The first-order valence-electron chi connectivity index (χ1n) is 9.06. The Balaban J connectivity index is 1.62. The van der Waals surface area contributed by atoms with Crippen molar-refractivity contribution in [2.24, 2.45) is 0 Å². The van der Waals surface area contributed by atoms with Crippen LogP contribution in [0.5, 0.6) is 0 Å². The van der Waals surface area contributed by atoms with Gasteiger partial charge in [-0.25, -0.2) is 4.79 Å². The summed E-state index contributed by atoms with van der Waals surface area (Å²) in [5.74, 6) is -0.585. The first kappa shape index (κ1) is 18.2. The Bertz CT molecular complexity index is 812. The molecule has 1 atom stereocenters. The zero-order valence-electron chi connectivity index (χ0n) is 15.3. The summed E-state index contributed by atoms with van der Waals surface area (Å²) in [7, 11) is 0. The number of likely N-dealkylation sites (tertiary alicyclic amines) is 1. The van der Waals surface area contributed by atoms with Gasteiger partial charge in [0, 0.05) is 37.7 Å². The van der Waals surface area contributed by atoms with E-state index in [9.17, 15) is 14.7 Å². The lowest BCUT2D eigenvalue weighted by molar-refractivity contribution is -0.132. The van der Waals surface area contributed by atoms with E-state index in [2.05, 4.69) is 5.10 Å². The van der Waals surface area contributed by atoms with Crippen LogP contribution in [0.15, 0.2) is 30.3 Å². The van der Waals surface area contributed by atoms with E-state index in [0.29, 0.717) is 25.1 Å². The minimum absolute atomic E-state index is 0.136. The molecule has 0 unspecified atom stereocenters. The van der Waals surface area contributed by atoms with Crippen LogP contribution in [0.25, 0.3) is 0 Å². The van der Waals surface area contributed by atoms with Crippen LogP contribution in [-0.4, -0.2) is 44.8 Å². The number of nitrogens with zero attached hydrogens (tertiary/aromatic N) is 3. The molecule has 138 valence electrons. The van der Waals surface area contributed by atoms with Crippen molar-refractivity contribution in [3.05, 3.63) is 52.8 Å². The van der Waals surface area contributed by atoms with Gasteiger partial charge in [-0.1, -0.05) is 12.1 Å². The molecule has 0 radical (unpaired) electrons. The standard InChI is InChI=1S/C20H25N3O3/c1-14-11-15(2)23(21-14)10-8-19(24)22-9-4-7-18(13-22)16-5-3-6-17(12-16)20(25)26/h3,5-6,11-12,18H,4,7-10,13H2,1-2H3,(H,25,26)/t18-/m0/s1. The topological polar surface area (TPSA) is 75.4 Å². The summed E-state index contributed by atoms with van der Waals surface area (Å²) in [6.07, 6.45) is 2.35. The van der Waals surface area contributed by atoms with Crippen molar-refractivity contribution in [3.63, 3.8) is 0 Å². The molecule has 0 saturated carbocycles. The largest absolute Gasteiger partial charge is 0.478 e. The van der Waals surface area contributed by atoms with E-state index in [1.165, 1.54) is 0 Å². The van der Waals surface area contributed by atoms with Crippen LogP contribution in [0.2, 0.25) is 0 Å². The summed E-state index contributed by atoms with van der Waals surface area (Å²) in [4.78, 5) is 25.7. The minimum atomic E-state index is -0.916. The second-order valence-corrected chi connectivity index (χ2v) is 7.01. The smallest absolute Gasteiger partial charge is 0.335 e. The van der Waals surface area contributed by atoms with Crippen molar-refractivity contribution < 1.29 is 14.7 Å². The maximum atomic E-state index is 12.6. The van der Waals surface area contributed by atoms with Gasteiger partial charge in [-0.05, 0) is 50.5 Å². The summed E-state index contributed by atoms with van der Waals surface area (Å²) >= 11 is 0. The van der Waals surface area contributed by atoms with Crippen molar-refractivity contribution >= 4 is 11.9 Å². The molecule has 1 N–H and O–H groups in total. The molecule has 0 spiro atoms. The van der Waals surface area contributed by atoms with Crippen LogP contribution in [0, 0.1) is 13.8 Å². The van der Waals surface area contributed by atoms with Crippen molar-refractivity contribution in [2.45, 2.75) is 45.6 Å². The summed E-state index contributed by atoms with van der Waals surface area (Å²) in [5.41, 5.74) is 3.33. The molecule has 6 heteroatoms. The molecule has 0 aliphatic carbocycles. The number of aromatic nitrogens is 2. The molecule has 1 aromatic carbocycles. The van der Waals surface area contributed by atoms with E-state index in [1.54, 1.807) is 18.2 Å². The molecule has 0 bridgehead atoms. The normalized spacial score (nSPS) is 17.3. The Labute approximate surface area is 153 Å². The lowest BCUT2D eigenvalue weighted by Crippen LogP contribution is -2.39. The van der Waals surface area contributed by atoms with Gasteiger partial charge in [-0.15, -0.1) is 0 Å². The first-order valence-corrected chi connectivity index (χ1v) is 9.06.